The summed E-state index contributed by atoms with van der Waals surface area (Å²) in [4.78, 5) is 0. The zero-order valence-corrected chi connectivity index (χ0v) is 51.5. The van der Waals surface area contributed by atoms with E-state index in [1.807, 2.05) is 13.8 Å². The first-order valence-corrected chi connectivity index (χ1v) is 31.4. The molecule has 34 atom stereocenters. The molecule has 5 heterocycles. The SMILES string of the molecule is C[C@H](CC[C@@H](O[C@@H]1O[C@H](CO[C@H]2O[C@H](CO)[C@@H](O)[C@H](O)[C@H]2O)[C@@H](O)[C@H](O)[C@H]1O[C@@H]1O[C@H](CO)C[C@H](O)[C@H]1O)C(C)(C)O)C1CC[C@@]2(C)C3CC=C4C(CC[C@H](O[C@@H]5O[C@H](CO[C@@H]6O[C@H](CO)[C@@H](O)[C@H](O)[C@H]6O)[C@@H](O)[C@H](O)[C@H]5O)C4(C)C)[C@]3(C)[C@H](O)C[C@]12C. The number of rotatable bonds is 20. The lowest BCUT2D eigenvalue weighted by molar-refractivity contribution is -0.374. The fourth-order valence-corrected chi connectivity index (χ4v) is 17.0. The Kier molecular flexibility index (Phi) is 22.1. The molecule has 510 valence electrons. The number of aliphatic hydroxyl groups is 18. The summed E-state index contributed by atoms with van der Waals surface area (Å²) < 4.78 is 59.6. The minimum absolute atomic E-state index is 0.0111. The minimum atomic E-state index is -1.89. The first kappa shape index (κ1) is 70.9. The molecule has 28 heteroatoms. The van der Waals surface area contributed by atoms with Crippen LogP contribution in [0.25, 0.3) is 0 Å². The Morgan fingerprint density at radius 1 is 0.557 bits per heavy atom. The lowest BCUT2D eigenvalue weighted by Gasteiger charge is -2.67. The molecule has 3 saturated carbocycles. The fourth-order valence-electron chi connectivity index (χ4n) is 17.0. The Hall–Kier alpha value is -1.38. The Labute approximate surface area is 512 Å². The Balaban J connectivity index is 0.879. The van der Waals surface area contributed by atoms with Crippen LogP contribution in [0.15, 0.2) is 11.6 Å². The first-order chi connectivity index (χ1) is 41.2. The molecule has 88 heavy (non-hydrogen) atoms. The molecular formula is C60H102O28. The van der Waals surface area contributed by atoms with Gasteiger partial charge in [0.1, 0.15) is 104 Å². The molecule has 3 unspecified atom stereocenters. The molecule has 0 amide bonds. The monoisotopic (exact) mass is 1270 g/mol. The van der Waals surface area contributed by atoms with E-state index in [1.54, 1.807) is 0 Å². The number of allylic oxidation sites excluding steroid dienone is 1. The van der Waals surface area contributed by atoms with Gasteiger partial charge in [-0.15, -0.1) is 0 Å². The molecule has 28 nitrogen and oxygen atoms in total. The summed E-state index contributed by atoms with van der Waals surface area (Å²) in [7, 11) is 0. The molecule has 8 fully saturated rings. The lowest BCUT2D eigenvalue weighted by Crippen LogP contribution is -2.65. The van der Waals surface area contributed by atoms with Crippen LogP contribution in [0.1, 0.15) is 113 Å². The molecule has 0 aromatic heterocycles. The van der Waals surface area contributed by atoms with Gasteiger partial charge < -0.3 is 139 Å². The lowest BCUT2D eigenvalue weighted by atomic mass is 9.38. The van der Waals surface area contributed by atoms with Crippen LogP contribution in [0.4, 0.5) is 0 Å². The van der Waals surface area contributed by atoms with Crippen molar-refractivity contribution in [2.24, 2.45) is 45.3 Å². The molecule has 0 aromatic carbocycles. The normalized spacial score (nSPS) is 51.4. The second-order valence-electron chi connectivity index (χ2n) is 28.6. The van der Waals surface area contributed by atoms with Gasteiger partial charge in [-0.1, -0.05) is 53.2 Å². The average molecular weight is 1270 g/mol. The largest absolute Gasteiger partial charge is 0.394 e. The third kappa shape index (κ3) is 13.0. The predicted octanol–water partition coefficient (Wildman–Crippen LogP) is -4.38. The Morgan fingerprint density at radius 3 is 1.61 bits per heavy atom. The fraction of sp³-hybridized carbons (Fsp3) is 0.967. The van der Waals surface area contributed by atoms with E-state index < -0.39 is 215 Å². The number of fused-ring (bicyclic) bond motifs is 5. The van der Waals surface area contributed by atoms with Gasteiger partial charge in [0.05, 0.1) is 69.2 Å². The molecular weight excluding hydrogens is 1170 g/mol. The van der Waals surface area contributed by atoms with E-state index in [9.17, 15) is 91.9 Å². The molecule has 5 aliphatic heterocycles. The maximum atomic E-state index is 12.8. The van der Waals surface area contributed by atoms with Crippen LogP contribution in [-0.2, 0) is 47.4 Å². The Morgan fingerprint density at radius 2 is 1.07 bits per heavy atom. The van der Waals surface area contributed by atoms with Crippen molar-refractivity contribution < 1.29 is 139 Å². The summed E-state index contributed by atoms with van der Waals surface area (Å²) >= 11 is 0. The molecule has 9 rings (SSSR count). The molecule has 18 N–H and O–H groups in total. The van der Waals surface area contributed by atoms with Crippen LogP contribution in [-0.4, -0.2) is 296 Å². The molecule has 0 bridgehead atoms. The second-order valence-corrected chi connectivity index (χ2v) is 28.6. The molecule has 0 radical (unpaired) electrons. The van der Waals surface area contributed by atoms with Crippen molar-refractivity contribution in [1.29, 1.82) is 0 Å². The van der Waals surface area contributed by atoms with Gasteiger partial charge in [-0.2, -0.15) is 0 Å². The molecule has 0 aromatic rings. The topological polar surface area (TPSA) is 456 Å². The summed E-state index contributed by atoms with van der Waals surface area (Å²) in [6.07, 6.45) is -33.7. The second kappa shape index (κ2) is 27.4. The van der Waals surface area contributed by atoms with Crippen molar-refractivity contribution in [1.82, 2.24) is 0 Å². The van der Waals surface area contributed by atoms with Crippen LogP contribution in [0.5, 0.6) is 0 Å². The van der Waals surface area contributed by atoms with E-state index in [2.05, 4.69) is 33.8 Å². The Bertz CT molecular complexity index is 2310. The van der Waals surface area contributed by atoms with Crippen molar-refractivity contribution in [2.75, 3.05) is 33.0 Å². The van der Waals surface area contributed by atoms with Gasteiger partial charge in [0.25, 0.3) is 0 Å². The van der Waals surface area contributed by atoms with Crippen molar-refractivity contribution in [3.05, 3.63) is 11.6 Å². The van der Waals surface area contributed by atoms with Crippen LogP contribution < -0.4 is 0 Å². The number of ether oxygens (including phenoxy) is 10. The van der Waals surface area contributed by atoms with Gasteiger partial charge in [0.2, 0.25) is 0 Å². The van der Waals surface area contributed by atoms with E-state index in [4.69, 9.17) is 47.4 Å². The van der Waals surface area contributed by atoms with Gasteiger partial charge in [-0.25, -0.2) is 0 Å². The summed E-state index contributed by atoms with van der Waals surface area (Å²) in [6.45, 7) is 13.0. The third-order valence-electron chi connectivity index (χ3n) is 22.7. The molecule has 9 aliphatic rings. The van der Waals surface area contributed by atoms with E-state index in [0.717, 1.165) is 18.4 Å². The van der Waals surface area contributed by atoms with Crippen LogP contribution in [0.2, 0.25) is 0 Å². The highest BCUT2D eigenvalue weighted by atomic mass is 16.8. The highest BCUT2D eigenvalue weighted by Gasteiger charge is 2.70. The van der Waals surface area contributed by atoms with Crippen molar-refractivity contribution in [2.45, 2.75) is 285 Å². The van der Waals surface area contributed by atoms with E-state index in [-0.39, 0.29) is 47.3 Å². The van der Waals surface area contributed by atoms with Gasteiger partial charge in [-0.05, 0) is 99.7 Å². The van der Waals surface area contributed by atoms with Crippen molar-refractivity contribution in [3.63, 3.8) is 0 Å². The smallest absolute Gasteiger partial charge is 0.187 e. The van der Waals surface area contributed by atoms with Crippen molar-refractivity contribution in [3.8, 4) is 0 Å². The maximum absolute atomic E-state index is 12.8. The third-order valence-corrected chi connectivity index (χ3v) is 22.7. The summed E-state index contributed by atoms with van der Waals surface area (Å²) in [6, 6.07) is 0. The zero-order valence-electron chi connectivity index (χ0n) is 51.5. The van der Waals surface area contributed by atoms with Crippen LogP contribution in [0.3, 0.4) is 0 Å². The highest BCUT2D eigenvalue weighted by Crippen LogP contribution is 2.75. The summed E-state index contributed by atoms with van der Waals surface area (Å²) in [5.74, 6) is 0.0600. The van der Waals surface area contributed by atoms with Gasteiger partial charge in [0.15, 0.2) is 31.5 Å². The van der Waals surface area contributed by atoms with Gasteiger partial charge >= 0.3 is 0 Å². The number of hydrogen-bond donors (Lipinski definition) is 18. The predicted molar refractivity (Wildman–Crippen MR) is 299 cm³/mol. The summed E-state index contributed by atoms with van der Waals surface area (Å²) in [5.41, 5.74) is -2.38. The zero-order chi connectivity index (χ0) is 64.7. The molecule has 0 spiro atoms. The highest BCUT2D eigenvalue weighted by molar-refractivity contribution is 5.32. The molecule has 4 aliphatic carbocycles. The van der Waals surface area contributed by atoms with Gasteiger partial charge in [-0.3, -0.25) is 0 Å². The minimum Gasteiger partial charge on any atom is -0.394 e. The van der Waals surface area contributed by atoms with E-state index in [0.29, 0.717) is 32.1 Å². The van der Waals surface area contributed by atoms with E-state index in [1.165, 1.54) is 13.8 Å². The van der Waals surface area contributed by atoms with Gasteiger partial charge in [0, 0.05) is 17.3 Å². The first-order valence-electron chi connectivity index (χ1n) is 31.4. The van der Waals surface area contributed by atoms with Crippen LogP contribution in [0, 0.1) is 45.3 Å². The number of hydrogen-bond acceptors (Lipinski definition) is 28. The van der Waals surface area contributed by atoms with Crippen molar-refractivity contribution >= 4 is 0 Å². The van der Waals surface area contributed by atoms with E-state index >= 15 is 0 Å². The van der Waals surface area contributed by atoms with Crippen LogP contribution >= 0.6 is 0 Å². The standard InChI is InChI=1S/C60H102O28/c1-24(9-13-37(57(4,5)78)87-55-50(88-53-38(66)29(64)17-25(19-61)81-53)46(74)42(70)33(85-55)23-80-52-48(76)44(72)40(68)31(21-63)83-52)26-15-16-58(6)34-12-10-27-28(60(34,8)35(65)18-59(26,58)7)11-14-36(56(27,2)3)86-54-49(77)45(73)41(69)32(84-54)22-79-51-47(75)43(71)39(67)30(20-62)82-51/h10,24-26,28-55,61-78H,9,11-23H2,1-8H3/t24-,25+,26?,28?,29+,30-,31-,32-,33-,34?,35-,36+,37-,38-,39-,40-,41-,42-,43+,44+,45+,46+,47-,48-,49-,50-,51-,52+,53+,54+,55+,58+,59-,60+/m1/s1. The quantitative estimate of drug-likeness (QED) is 0.0512. The number of aliphatic hydroxyl groups excluding tert-OH is 17. The summed E-state index contributed by atoms with van der Waals surface area (Å²) in [5, 5.41) is 195. The molecule has 5 saturated heterocycles. The maximum Gasteiger partial charge on any atom is 0.187 e. The average Bonchev–Trinajstić information content (AvgIpc) is 1.30.